The smallest absolute Gasteiger partial charge is 0.313 e. The third-order valence-electron chi connectivity index (χ3n) is 6.24. The summed E-state index contributed by atoms with van der Waals surface area (Å²) >= 11 is 6.13. The number of aliphatic carboxylic acids is 1. The Morgan fingerprint density at radius 1 is 1.09 bits per heavy atom. The molecule has 0 aromatic heterocycles. The highest BCUT2D eigenvalue weighted by Crippen LogP contribution is 2.43. The molecule has 0 radical (unpaired) electrons. The molecule has 32 heavy (non-hydrogen) atoms. The van der Waals surface area contributed by atoms with E-state index in [9.17, 15) is 19.1 Å². The Hall–Kier alpha value is -3.18. The van der Waals surface area contributed by atoms with E-state index in [1.54, 1.807) is 61.2 Å². The lowest BCUT2D eigenvalue weighted by Gasteiger charge is -2.47. The third kappa shape index (κ3) is 3.67. The quantitative estimate of drug-likeness (QED) is 0.524. The number of amides is 1. The Labute approximate surface area is 191 Å². The normalized spacial score (nSPS) is 17.2. The lowest BCUT2D eigenvalue weighted by Crippen LogP contribution is -2.56. The van der Waals surface area contributed by atoms with Gasteiger partial charge in [-0.05, 0) is 67.3 Å². The van der Waals surface area contributed by atoms with E-state index in [1.165, 1.54) is 6.07 Å². The van der Waals surface area contributed by atoms with E-state index in [2.05, 4.69) is 0 Å². The number of rotatable bonds is 4. The van der Waals surface area contributed by atoms with E-state index < -0.39 is 23.2 Å². The number of carbonyl (C=O) groups is 2. The van der Waals surface area contributed by atoms with E-state index >= 15 is 0 Å². The van der Waals surface area contributed by atoms with Crippen molar-refractivity contribution in [1.29, 1.82) is 0 Å². The molecule has 0 saturated heterocycles. The molecule has 1 unspecified atom stereocenters. The van der Waals surface area contributed by atoms with Crippen molar-refractivity contribution < 1.29 is 19.1 Å². The predicted molar refractivity (Wildman–Crippen MR) is 122 cm³/mol. The van der Waals surface area contributed by atoms with Crippen molar-refractivity contribution in [1.82, 2.24) is 4.90 Å². The third-order valence-corrected chi connectivity index (χ3v) is 6.66. The number of benzene rings is 3. The number of carboxylic acid groups (broad SMARTS) is 1. The minimum atomic E-state index is -1.04. The standard InChI is InChI=1S/C26H23ClFNO3/c1-15-12-16(8-11-21(15)27)14-29-24(30)19-10-9-17(18-6-4-5-7-22(18)28)13-20(19)23(25(31)32)26(29,2)3/h4-13,23H,14H2,1-3H3,(H,31,32). The first kappa shape index (κ1) is 22.0. The average Bonchev–Trinajstić information content (AvgIpc) is 2.73. The van der Waals surface area contributed by atoms with Crippen LogP contribution in [0.2, 0.25) is 5.02 Å². The molecular formula is C26H23ClFNO3. The van der Waals surface area contributed by atoms with Crippen molar-refractivity contribution in [3.8, 4) is 11.1 Å². The van der Waals surface area contributed by atoms with Crippen molar-refractivity contribution in [2.45, 2.75) is 38.8 Å². The van der Waals surface area contributed by atoms with E-state index in [0.29, 0.717) is 27.3 Å². The van der Waals surface area contributed by atoms with E-state index in [4.69, 9.17) is 11.6 Å². The number of halogens is 2. The lowest BCUT2D eigenvalue weighted by molar-refractivity contribution is -0.142. The van der Waals surface area contributed by atoms with Gasteiger partial charge in [0.1, 0.15) is 11.7 Å². The van der Waals surface area contributed by atoms with Crippen molar-refractivity contribution in [3.05, 3.63) is 93.8 Å². The molecule has 4 rings (SSSR count). The minimum Gasteiger partial charge on any atom is -0.481 e. The van der Waals surface area contributed by atoms with Gasteiger partial charge in [-0.3, -0.25) is 9.59 Å². The molecular weight excluding hydrogens is 429 g/mol. The average molecular weight is 452 g/mol. The first-order valence-electron chi connectivity index (χ1n) is 10.3. The minimum absolute atomic E-state index is 0.252. The summed E-state index contributed by atoms with van der Waals surface area (Å²) in [6.45, 7) is 5.65. The van der Waals surface area contributed by atoms with Crippen LogP contribution in [0.5, 0.6) is 0 Å². The van der Waals surface area contributed by atoms with Crippen molar-refractivity contribution in [2.24, 2.45) is 0 Å². The maximum Gasteiger partial charge on any atom is 0.313 e. The highest BCUT2D eigenvalue weighted by atomic mass is 35.5. The highest BCUT2D eigenvalue weighted by Gasteiger charge is 2.49. The highest BCUT2D eigenvalue weighted by molar-refractivity contribution is 6.31. The van der Waals surface area contributed by atoms with Crippen LogP contribution in [0.3, 0.4) is 0 Å². The van der Waals surface area contributed by atoms with Crippen LogP contribution in [0.1, 0.15) is 46.8 Å². The SMILES string of the molecule is Cc1cc(CN2C(=O)c3ccc(-c4ccccc4F)cc3C(C(=O)O)C2(C)C)ccc1Cl. The molecule has 3 aromatic rings. The largest absolute Gasteiger partial charge is 0.481 e. The summed E-state index contributed by atoms with van der Waals surface area (Å²) in [4.78, 5) is 27.5. The van der Waals surface area contributed by atoms with Crippen molar-refractivity contribution in [2.75, 3.05) is 0 Å². The summed E-state index contributed by atoms with van der Waals surface area (Å²) in [5, 5.41) is 10.8. The van der Waals surface area contributed by atoms with E-state index in [1.807, 2.05) is 19.1 Å². The van der Waals surface area contributed by atoms with E-state index in [0.717, 1.165) is 11.1 Å². The summed E-state index contributed by atoms with van der Waals surface area (Å²) in [5.74, 6) is -2.67. The van der Waals surface area contributed by atoms with Crippen LogP contribution in [0.4, 0.5) is 4.39 Å². The van der Waals surface area contributed by atoms with Gasteiger partial charge >= 0.3 is 5.97 Å². The number of hydrogen-bond acceptors (Lipinski definition) is 2. The fourth-order valence-electron chi connectivity index (χ4n) is 4.50. The second-order valence-corrected chi connectivity index (χ2v) is 9.09. The Morgan fingerprint density at radius 2 is 1.81 bits per heavy atom. The van der Waals surface area contributed by atoms with E-state index in [-0.39, 0.29) is 12.5 Å². The molecule has 3 aromatic carbocycles. The fourth-order valence-corrected chi connectivity index (χ4v) is 4.62. The number of hydrogen-bond donors (Lipinski definition) is 1. The summed E-state index contributed by atoms with van der Waals surface area (Å²) in [6, 6.07) is 16.7. The number of carboxylic acids is 1. The van der Waals surface area contributed by atoms with Gasteiger partial charge in [0, 0.05) is 22.7 Å². The number of fused-ring (bicyclic) bond motifs is 1. The van der Waals surface area contributed by atoms with Crippen LogP contribution in [0.25, 0.3) is 11.1 Å². The van der Waals surface area contributed by atoms with Gasteiger partial charge in [-0.1, -0.05) is 48.0 Å². The van der Waals surface area contributed by atoms with Crippen LogP contribution in [-0.2, 0) is 11.3 Å². The summed E-state index contributed by atoms with van der Waals surface area (Å²) in [5.41, 5.74) is 2.36. The molecule has 0 aliphatic carbocycles. The zero-order chi connectivity index (χ0) is 23.2. The van der Waals surface area contributed by atoms with Gasteiger partial charge in [-0.25, -0.2) is 4.39 Å². The molecule has 0 fully saturated rings. The fraction of sp³-hybridized carbons (Fsp3) is 0.231. The number of carbonyl (C=O) groups excluding carboxylic acids is 1. The van der Waals surface area contributed by atoms with Crippen LogP contribution >= 0.6 is 11.6 Å². The summed E-state index contributed by atoms with van der Waals surface area (Å²) in [7, 11) is 0. The Bertz CT molecular complexity index is 1240. The molecule has 1 amide bonds. The topological polar surface area (TPSA) is 57.6 Å². The zero-order valence-corrected chi connectivity index (χ0v) is 18.8. The molecule has 1 aliphatic rings. The second kappa shape index (κ2) is 8.06. The van der Waals surface area contributed by atoms with Crippen molar-refractivity contribution >= 4 is 23.5 Å². The molecule has 1 heterocycles. The zero-order valence-electron chi connectivity index (χ0n) is 18.0. The van der Waals surface area contributed by atoms with Gasteiger partial charge in [-0.15, -0.1) is 0 Å². The summed E-state index contributed by atoms with van der Waals surface area (Å²) < 4.78 is 14.4. The molecule has 0 spiro atoms. The van der Waals surface area contributed by atoms with Gasteiger partial charge in [-0.2, -0.15) is 0 Å². The first-order chi connectivity index (χ1) is 15.1. The van der Waals surface area contributed by atoms with Crippen LogP contribution in [0.15, 0.2) is 60.7 Å². The maximum atomic E-state index is 14.4. The molecule has 164 valence electrons. The van der Waals surface area contributed by atoms with Gasteiger partial charge in [0.2, 0.25) is 0 Å². The van der Waals surface area contributed by atoms with Crippen LogP contribution < -0.4 is 0 Å². The summed E-state index contributed by atoms with van der Waals surface area (Å²) in [6.07, 6.45) is 0. The lowest BCUT2D eigenvalue weighted by atomic mass is 9.74. The molecule has 4 nitrogen and oxygen atoms in total. The molecule has 6 heteroatoms. The Balaban J connectivity index is 1.82. The molecule has 1 aliphatic heterocycles. The Morgan fingerprint density at radius 3 is 2.47 bits per heavy atom. The van der Waals surface area contributed by atoms with Crippen LogP contribution in [-0.4, -0.2) is 27.4 Å². The van der Waals surface area contributed by atoms with Crippen molar-refractivity contribution in [3.63, 3.8) is 0 Å². The number of nitrogens with zero attached hydrogens (tertiary/aromatic N) is 1. The molecule has 0 saturated carbocycles. The molecule has 1 N–H and O–H groups in total. The monoisotopic (exact) mass is 451 g/mol. The second-order valence-electron chi connectivity index (χ2n) is 8.68. The first-order valence-corrected chi connectivity index (χ1v) is 10.7. The predicted octanol–water partition coefficient (Wildman–Crippen LogP) is 6.06. The molecule has 0 bridgehead atoms. The van der Waals surface area contributed by atoms with Gasteiger partial charge < -0.3 is 10.0 Å². The van der Waals surface area contributed by atoms with Gasteiger partial charge in [0.15, 0.2) is 0 Å². The number of aryl methyl sites for hydroxylation is 1. The van der Waals surface area contributed by atoms with Crippen LogP contribution in [0, 0.1) is 12.7 Å². The maximum absolute atomic E-state index is 14.4. The molecule has 1 atom stereocenters. The van der Waals surface area contributed by atoms with Gasteiger partial charge in [0.05, 0.1) is 5.54 Å². The van der Waals surface area contributed by atoms with Gasteiger partial charge in [0.25, 0.3) is 5.91 Å². The Kier molecular flexibility index (Phi) is 5.55.